The number of carbonyl (C=O) groups is 1. The molecule has 2 aliphatic rings. The molecule has 13 heteroatoms. The van der Waals surface area contributed by atoms with Crippen molar-refractivity contribution in [3.05, 3.63) is 65.7 Å². The fraction of sp³-hybridized carbons (Fsp3) is 0.385. The van der Waals surface area contributed by atoms with E-state index in [2.05, 4.69) is 31.6 Å². The van der Waals surface area contributed by atoms with E-state index in [1.165, 1.54) is 27.4 Å². The summed E-state index contributed by atoms with van der Waals surface area (Å²) in [5, 5.41) is 16.3. The summed E-state index contributed by atoms with van der Waals surface area (Å²) in [6.45, 7) is 4.37. The molecule has 2 aromatic carbocycles. The third kappa shape index (κ3) is 4.81. The van der Waals surface area contributed by atoms with Gasteiger partial charge in [-0.25, -0.2) is 17.5 Å². The highest BCUT2D eigenvalue weighted by Crippen LogP contribution is 2.34. The van der Waals surface area contributed by atoms with Crippen LogP contribution < -0.4 is 5.32 Å². The molecule has 2 fully saturated rings. The number of piperazine rings is 1. The first-order valence-corrected chi connectivity index (χ1v) is 14.2. The zero-order valence-corrected chi connectivity index (χ0v) is 22.5. The number of aryl methyl sites for hydroxylation is 2. The quantitative estimate of drug-likeness (QED) is 0.388. The Morgan fingerprint density at radius 3 is 2.59 bits per heavy atom. The lowest BCUT2D eigenvalue weighted by Gasteiger charge is -2.42. The highest BCUT2D eigenvalue weighted by atomic mass is 32.2. The molecule has 4 aromatic rings. The Morgan fingerprint density at radius 1 is 1.10 bits per heavy atom. The Labute approximate surface area is 225 Å². The molecule has 11 nitrogen and oxygen atoms in total. The van der Waals surface area contributed by atoms with Crippen molar-refractivity contribution in [2.45, 2.75) is 24.4 Å². The van der Waals surface area contributed by atoms with Crippen LogP contribution in [-0.2, 0) is 21.9 Å². The number of aromatic nitrogens is 5. The van der Waals surface area contributed by atoms with Gasteiger partial charge in [-0.2, -0.15) is 19.3 Å². The van der Waals surface area contributed by atoms with Gasteiger partial charge in [0.25, 0.3) is 10.0 Å². The van der Waals surface area contributed by atoms with E-state index in [4.69, 9.17) is 0 Å². The molecular formula is C26H29FN8O3S. The highest BCUT2D eigenvalue weighted by molar-refractivity contribution is 7.89. The molecule has 0 spiro atoms. The molecule has 39 heavy (non-hydrogen) atoms. The van der Waals surface area contributed by atoms with Gasteiger partial charge in [0, 0.05) is 57.6 Å². The van der Waals surface area contributed by atoms with Crippen molar-refractivity contribution in [1.29, 1.82) is 0 Å². The molecule has 0 radical (unpaired) electrons. The Kier molecular flexibility index (Phi) is 6.44. The minimum absolute atomic E-state index is 0.0474. The summed E-state index contributed by atoms with van der Waals surface area (Å²) < 4.78 is 43.6. The number of benzene rings is 2. The van der Waals surface area contributed by atoms with Gasteiger partial charge in [-0.05, 0) is 60.4 Å². The minimum Gasteiger partial charge on any atom is -0.356 e. The number of nitrogens with one attached hydrogen (secondary N) is 1. The van der Waals surface area contributed by atoms with E-state index in [-0.39, 0.29) is 35.3 Å². The van der Waals surface area contributed by atoms with Crippen LogP contribution in [0, 0.1) is 18.7 Å². The number of carbonyl (C=O) groups excluding carboxylic acids is 1. The van der Waals surface area contributed by atoms with Crippen LogP contribution >= 0.6 is 0 Å². The van der Waals surface area contributed by atoms with Gasteiger partial charge in [-0.1, -0.05) is 0 Å². The van der Waals surface area contributed by atoms with Gasteiger partial charge in [0.15, 0.2) is 0 Å². The lowest BCUT2D eigenvalue weighted by Crippen LogP contribution is -2.51. The maximum Gasteiger partial charge on any atom is 0.264 e. The first-order chi connectivity index (χ1) is 18.7. The number of halogens is 1. The summed E-state index contributed by atoms with van der Waals surface area (Å²) in [6.07, 6.45) is 3.50. The Morgan fingerprint density at radius 2 is 1.90 bits per heavy atom. The third-order valence-electron chi connectivity index (χ3n) is 7.58. The van der Waals surface area contributed by atoms with Crippen LogP contribution in [0.4, 0.5) is 4.39 Å². The zero-order chi connectivity index (χ0) is 27.3. The average molecular weight is 553 g/mol. The molecule has 2 aromatic heterocycles. The number of amides is 1. The number of rotatable bonds is 6. The number of sulfonamides is 1. The number of hydrogen-bond acceptors (Lipinski definition) is 7. The Hall–Kier alpha value is -3.68. The Bertz CT molecular complexity index is 1650. The first kappa shape index (κ1) is 25.6. The zero-order valence-electron chi connectivity index (χ0n) is 21.7. The maximum atomic E-state index is 13.5. The second kappa shape index (κ2) is 9.81. The lowest BCUT2D eigenvalue weighted by molar-refractivity contribution is -0.119. The van der Waals surface area contributed by atoms with Crippen molar-refractivity contribution in [2.75, 3.05) is 32.7 Å². The van der Waals surface area contributed by atoms with Crippen molar-refractivity contribution in [2.24, 2.45) is 13.0 Å². The normalized spacial score (nSPS) is 21.1. The van der Waals surface area contributed by atoms with Crippen LogP contribution in [0.2, 0.25) is 0 Å². The molecule has 1 N–H and O–H groups in total. The topological polar surface area (TPSA) is 118 Å². The van der Waals surface area contributed by atoms with Crippen LogP contribution in [-0.4, -0.2) is 81.0 Å². The molecule has 0 saturated carbocycles. The second-order valence-electron chi connectivity index (χ2n) is 10.2. The standard InChI is InChI=1S/C26H29FN8O3S/c1-17-9-23-19(13-30-35(23)21-5-3-20(27)4-6-21)11-22(17)24-16-34(39(37,38)26-14-29-32(2)31-26)8-7-33(24)15-18-10-25(36)28-12-18/h3-6,9,11,13-14,18,24H,7-8,10,12,15-16H2,1-2H3,(H,28,36). The van der Waals surface area contributed by atoms with Gasteiger partial charge in [0.2, 0.25) is 10.9 Å². The molecule has 4 heterocycles. The van der Waals surface area contributed by atoms with Gasteiger partial charge in [0.05, 0.1) is 23.6 Å². The van der Waals surface area contributed by atoms with Gasteiger partial charge in [-0.15, -0.1) is 5.10 Å². The summed E-state index contributed by atoms with van der Waals surface area (Å²) in [7, 11) is -2.25. The molecule has 2 aliphatic heterocycles. The van der Waals surface area contributed by atoms with Gasteiger partial charge >= 0.3 is 0 Å². The third-order valence-corrected chi connectivity index (χ3v) is 9.30. The molecule has 0 bridgehead atoms. The molecule has 1 amide bonds. The van der Waals surface area contributed by atoms with Crippen LogP contribution in [0.15, 0.2) is 53.8 Å². The summed E-state index contributed by atoms with van der Waals surface area (Å²) in [5.41, 5.74) is 3.61. The molecule has 204 valence electrons. The number of fused-ring (bicyclic) bond motifs is 1. The first-order valence-electron chi connectivity index (χ1n) is 12.8. The summed E-state index contributed by atoms with van der Waals surface area (Å²) in [4.78, 5) is 15.4. The predicted molar refractivity (Wildman–Crippen MR) is 141 cm³/mol. The van der Waals surface area contributed by atoms with Crippen molar-refractivity contribution >= 4 is 26.8 Å². The van der Waals surface area contributed by atoms with Crippen molar-refractivity contribution in [3.8, 4) is 5.69 Å². The maximum absolute atomic E-state index is 13.5. The summed E-state index contributed by atoms with van der Waals surface area (Å²) >= 11 is 0. The molecular weight excluding hydrogens is 523 g/mol. The molecule has 6 rings (SSSR count). The van der Waals surface area contributed by atoms with E-state index in [0.717, 1.165) is 27.7 Å². The minimum atomic E-state index is -3.83. The van der Waals surface area contributed by atoms with E-state index < -0.39 is 10.0 Å². The summed E-state index contributed by atoms with van der Waals surface area (Å²) in [5.74, 6) is -0.106. The second-order valence-corrected chi connectivity index (χ2v) is 12.1. The van der Waals surface area contributed by atoms with E-state index in [0.29, 0.717) is 32.6 Å². The molecule has 2 atom stereocenters. The summed E-state index contributed by atoms with van der Waals surface area (Å²) in [6, 6.07) is 10.0. The van der Waals surface area contributed by atoms with E-state index >= 15 is 0 Å². The monoisotopic (exact) mass is 552 g/mol. The SMILES string of the molecule is Cc1cc2c(cnn2-c2ccc(F)cc2)cc1C1CN(S(=O)(=O)c2cnn(C)n2)CCN1CC1CNC(=O)C1. The van der Waals surface area contributed by atoms with E-state index in [1.807, 2.05) is 13.0 Å². The lowest BCUT2D eigenvalue weighted by atomic mass is 9.95. The predicted octanol–water partition coefficient (Wildman–Crippen LogP) is 1.79. The van der Waals surface area contributed by atoms with E-state index in [1.54, 1.807) is 30.1 Å². The van der Waals surface area contributed by atoms with Crippen molar-refractivity contribution < 1.29 is 17.6 Å². The number of nitrogens with zero attached hydrogens (tertiary/aromatic N) is 7. The fourth-order valence-corrected chi connectivity index (χ4v) is 6.90. The molecule has 2 saturated heterocycles. The van der Waals surface area contributed by atoms with E-state index in [9.17, 15) is 17.6 Å². The van der Waals surface area contributed by atoms with Crippen LogP contribution in [0.3, 0.4) is 0 Å². The van der Waals surface area contributed by atoms with Gasteiger partial charge < -0.3 is 5.32 Å². The van der Waals surface area contributed by atoms with Crippen LogP contribution in [0.25, 0.3) is 16.6 Å². The van der Waals surface area contributed by atoms with Crippen LogP contribution in [0.5, 0.6) is 0 Å². The van der Waals surface area contributed by atoms with Gasteiger partial charge in [-0.3, -0.25) is 9.69 Å². The van der Waals surface area contributed by atoms with Crippen molar-refractivity contribution in [1.82, 2.24) is 39.3 Å². The highest BCUT2D eigenvalue weighted by Gasteiger charge is 2.38. The smallest absolute Gasteiger partial charge is 0.264 e. The average Bonchev–Trinajstić information content (AvgIpc) is 3.64. The molecule has 2 unspecified atom stereocenters. The molecule has 0 aliphatic carbocycles. The fourth-order valence-electron chi connectivity index (χ4n) is 5.57. The number of hydrogen-bond donors (Lipinski definition) is 1. The van der Waals surface area contributed by atoms with Crippen LogP contribution in [0.1, 0.15) is 23.6 Å². The Balaban J connectivity index is 1.37. The van der Waals surface area contributed by atoms with Crippen molar-refractivity contribution in [3.63, 3.8) is 0 Å². The van der Waals surface area contributed by atoms with Gasteiger partial charge in [0.1, 0.15) is 5.82 Å². The largest absolute Gasteiger partial charge is 0.356 e.